The first-order valence-corrected chi connectivity index (χ1v) is 8.49. The first-order valence-electron chi connectivity index (χ1n) is 8.49. The summed E-state index contributed by atoms with van der Waals surface area (Å²) in [6.45, 7) is 7.25. The van der Waals surface area contributed by atoms with Gasteiger partial charge in [0.2, 0.25) is 0 Å². The molecule has 24 heavy (non-hydrogen) atoms. The lowest BCUT2D eigenvalue weighted by molar-refractivity contribution is 0.0248. The van der Waals surface area contributed by atoms with Crippen LogP contribution in [0.3, 0.4) is 0 Å². The van der Waals surface area contributed by atoms with Crippen molar-refractivity contribution in [2.45, 2.75) is 12.6 Å². The first kappa shape index (κ1) is 15.5. The van der Waals surface area contributed by atoms with E-state index in [2.05, 4.69) is 24.9 Å². The van der Waals surface area contributed by atoms with Crippen molar-refractivity contribution in [2.75, 3.05) is 44.2 Å². The Balaban J connectivity index is 1.23. The molecular weight excluding hydrogens is 307 g/mol. The quantitative estimate of drug-likeness (QED) is 0.835. The summed E-state index contributed by atoms with van der Waals surface area (Å²) in [5, 5.41) is 8.46. The second-order valence-electron chi connectivity index (χ2n) is 6.67. The maximum atomic E-state index is 13.0. The monoisotopic (exact) mass is 330 g/mol. The molecule has 2 saturated heterocycles. The average molecular weight is 330 g/mol. The highest BCUT2D eigenvalue weighted by molar-refractivity contribution is 5.46. The van der Waals surface area contributed by atoms with Gasteiger partial charge in [0.05, 0.1) is 11.9 Å². The maximum Gasteiger partial charge on any atom is 0.123 e. The molecule has 0 N–H and O–H groups in total. The van der Waals surface area contributed by atoms with Gasteiger partial charge in [-0.05, 0) is 24.3 Å². The van der Waals surface area contributed by atoms with Crippen molar-refractivity contribution in [2.24, 2.45) is 7.05 Å². The molecular formula is C17H23FN6. The lowest BCUT2D eigenvalue weighted by atomic mass is 10.1. The fourth-order valence-electron chi connectivity index (χ4n) is 3.59. The minimum absolute atomic E-state index is 0.171. The molecule has 2 fully saturated rings. The third-order valence-corrected chi connectivity index (χ3v) is 4.99. The molecule has 3 heterocycles. The van der Waals surface area contributed by atoms with Gasteiger partial charge in [0.25, 0.3) is 0 Å². The largest absolute Gasteiger partial charge is 0.369 e. The van der Waals surface area contributed by atoms with Crippen molar-refractivity contribution < 1.29 is 4.39 Å². The van der Waals surface area contributed by atoms with Gasteiger partial charge in [-0.2, -0.15) is 15.0 Å². The van der Waals surface area contributed by atoms with Gasteiger partial charge in [0, 0.05) is 64.6 Å². The van der Waals surface area contributed by atoms with Crippen molar-refractivity contribution in [3.8, 4) is 0 Å². The van der Waals surface area contributed by atoms with Crippen LogP contribution in [-0.2, 0) is 13.6 Å². The van der Waals surface area contributed by atoms with Crippen LogP contribution >= 0.6 is 0 Å². The number of hydrogen-bond acceptors (Lipinski definition) is 5. The van der Waals surface area contributed by atoms with E-state index in [1.807, 2.05) is 25.4 Å². The summed E-state index contributed by atoms with van der Waals surface area (Å²) >= 11 is 0. The number of piperazine rings is 1. The van der Waals surface area contributed by atoms with Crippen LogP contribution in [0.2, 0.25) is 0 Å². The third-order valence-electron chi connectivity index (χ3n) is 4.99. The van der Waals surface area contributed by atoms with Crippen LogP contribution in [0.25, 0.3) is 0 Å². The molecule has 7 heteroatoms. The van der Waals surface area contributed by atoms with Gasteiger partial charge in [0.1, 0.15) is 5.82 Å². The number of nitrogens with zero attached hydrogens (tertiary/aromatic N) is 6. The van der Waals surface area contributed by atoms with Crippen LogP contribution in [0.5, 0.6) is 0 Å². The fraction of sp³-hybridized carbons (Fsp3) is 0.529. The van der Waals surface area contributed by atoms with E-state index in [1.54, 1.807) is 4.80 Å². The molecule has 0 aliphatic carbocycles. The summed E-state index contributed by atoms with van der Waals surface area (Å²) in [7, 11) is 1.85. The zero-order valence-electron chi connectivity index (χ0n) is 14.0. The molecule has 0 bridgehead atoms. The highest BCUT2D eigenvalue weighted by Gasteiger charge is 2.33. The molecule has 2 aromatic rings. The normalized spacial score (nSPS) is 20.3. The van der Waals surface area contributed by atoms with Crippen molar-refractivity contribution in [3.63, 3.8) is 0 Å². The molecule has 6 nitrogen and oxygen atoms in total. The Hall–Kier alpha value is -1.99. The number of aromatic nitrogens is 3. The van der Waals surface area contributed by atoms with Gasteiger partial charge >= 0.3 is 0 Å². The van der Waals surface area contributed by atoms with E-state index in [4.69, 9.17) is 0 Å². The number of hydrogen-bond donors (Lipinski definition) is 0. The van der Waals surface area contributed by atoms with Gasteiger partial charge in [-0.1, -0.05) is 0 Å². The second-order valence-corrected chi connectivity index (χ2v) is 6.67. The van der Waals surface area contributed by atoms with E-state index < -0.39 is 0 Å². The summed E-state index contributed by atoms with van der Waals surface area (Å²) in [5.74, 6) is -0.171. The second kappa shape index (κ2) is 6.49. The minimum Gasteiger partial charge on any atom is -0.369 e. The van der Waals surface area contributed by atoms with Crippen LogP contribution in [0.4, 0.5) is 10.1 Å². The lowest BCUT2D eigenvalue weighted by Crippen LogP contribution is -2.62. The van der Waals surface area contributed by atoms with Gasteiger partial charge in [-0.15, -0.1) is 0 Å². The van der Waals surface area contributed by atoms with Crippen LogP contribution in [-0.4, -0.2) is 70.1 Å². The number of benzene rings is 1. The Kier molecular flexibility index (Phi) is 4.20. The SMILES string of the molecule is Cn1ncc(CN2CC(N3CCN(c4ccc(F)cc4)CC3)C2)n1. The molecule has 0 amide bonds. The van der Waals surface area contributed by atoms with Crippen molar-refractivity contribution in [1.29, 1.82) is 0 Å². The molecule has 1 aromatic heterocycles. The molecule has 0 unspecified atom stereocenters. The molecule has 4 rings (SSSR count). The molecule has 0 atom stereocenters. The lowest BCUT2D eigenvalue weighted by Gasteiger charge is -2.48. The van der Waals surface area contributed by atoms with Crippen LogP contribution in [0, 0.1) is 5.82 Å². The summed E-state index contributed by atoms with van der Waals surface area (Å²) in [4.78, 5) is 8.95. The van der Waals surface area contributed by atoms with Gasteiger partial charge in [-0.3, -0.25) is 9.80 Å². The molecule has 128 valence electrons. The maximum absolute atomic E-state index is 13.0. The van der Waals surface area contributed by atoms with E-state index in [0.717, 1.165) is 57.2 Å². The highest BCUT2D eigenvalue weighted by Crippen LogP contribution is 2.21. The summed E-state index contributed by atoms with van der Waals surface area (Å²) in [5.41, 5.74) is 2.16. The summed E-state index contributed by atoms with van der Waals surface area (Å²) in [6, 6.07) is 7.47. The van der Waals surface area contributed by atoms with E-state index in [9.17, 15) is 4.39 Å². The van der Waals surface area contributed by atoms with E-state index >= 15 is 0 Å². The zero-order valence-corrected chi connectivity index (χ0v) is 14.0. The standard InChI is InChI=1S/C17H23FN6/c1-21-19-10-15(20-21)11-22-12-17(13-22)24-8-6-23(7-9-24)16-4-2-14(18)3-5-16/h2-5,10,17H,6-9,11-13H2,1H3. The van der Waals surface area contributed by atoms with Crippen LogP contribution < -0.4 is 4.90 Å². The Morgan fingerprint density at radius 2 is 1.79 bits per heavy atom. The predicted octanol–water partition coefficient (Wildman–Crippen LogP) is 0.961. The average Bonchev–Trinajstić information content (AvgIpc) is 2.97. The topological polar surface area (TPSA) is 40.4 Å². The van der Waals surface area contributed by atoms with E-state index in [1.165, 1.54) is 12.1 Å². The third kappa shape index (κ3) is 3.27. The molecule has 0 spiro atoms. The Labute approximate surface area is 141 Å². The molecule has 1 aromatic carbocycles. The molecule has 0 saturated carbocycles. The Bertz CT molecular complexity index is 671. The smallest absolute Gasteiger partial charge is 0.123 e. The van der Waals surface area contributed by atoms with Gasteiger partial charge < -0.3 is 4.90 Å². The Morgan fingerprint density at radius 1 is 1.08 bits per heavy atom. The summed E-state index contributed by atoms with van der Waals surface area (Å²) < 4.78 is 13.0. The predicted molar refractivity (Wildman–Crippen MR) is 90.3 cm³/mol. The van der Waals surface area contributed by atoms with Crippen LogP contribution in [0.15, 0.2) is 30.5 Å². The number of anilines is 1. The van der Waals surface area contributed by atoms with Crippen LogP contribution in [0.1, 0.15) is 5.69 Å². The zero-order chi connectivity index (χ0) is 16.5. The number of likely N-dealkylation sites (tertiary alicyclic amines) is 1. The minimum atomic E-state index is -0.171. The number of aryl methyl sites for hydroxylation is 1. The molecule has 2 aliphatic rings. The first-order chi connectivity index (χ1) is 11.7. The molecule has 0 radical (unpaired) electrons. The highest BCUT2D eigenvalue weighted by atomic mass is 19.1. The number of rotatable bonds is 4. The van der Waals surface area contributed by atoms with E-state index in [0.29, 0.717) is 6.04 Å². The molecule has 2 aliphatic heterocycles. The van der Waals surface area contributed by atoms with Gasteiger partial charge in [0.15, 0.2) is 0 Å². The van der Waals surface area contributed by atoms with E-state index in [-0.39, 0.29) is 5.82 Å². The Morgan fingerprint density at radius 3 is 2.42 bits per heavy atom. The van der Waals surface area contributed by atoms with Crippen molar-refractivity contribution in [1.82, 2.24) is 24.8 Å². The van der Waals surface area contributed by atoms with Crippen molar-refractivity contribution >= 4 is 5.69 Å². The fourth-order valence-corrected chi connectivity index (χ4v) is 3.59. The van der Waals surface area contributed by atoms with Crippen molar-refractivity contribution in [3.05, 3.63) is 42.0 Å². The summed E-state index contributed by atoms with van der Waals surface area (Å²) in [6.07, 6.45) is 1.84. The van der Waals surface area contributed by atoms with Gasteiger partial charge in [-0.25, -0.2) is 4.39 Å². The number of halogens is 1.